The van der Waals surface area contributed by atoms with Crippen LogP contribution in [0.2, 0.25) is 35.2 Å². The fourth-order valence-electron chi connectivity index (χ4n) is 9.86. The minimum absolute atomic E-state index is 0. The number of hydrogen-bond acceptors (Lipinski definition) is 20. The van der Waals surface area contributed by atoms with Crippen LogP contribution < -0.4 is 112 Å². The Kier molecular flexibility index (Phi) is 86.9. The molecule has 5 N–H and O–H groups in total. The molecule has 140 heavy (non-hydrogen) atoms. The molecule has 21 nitrogen and oxygen atoms in total. The number of unbranched alkanes of at least 4 members (excludes halogenated alkanes) is 3. The van der Waals surface area contributed by atoms with E-state index in [0.717, 1.165) is 76.5 Å². The van der Waals surface area contributed by atoms with Crippen molar-refractivity contribution in [1.29, 1.82) is 0 Å². The van der Waals surface area contributed by atoms with E-state index in [1.54, 1.807) is 36.4 Å². The van der Waals surface area contributed by atoms with Gasteiger partial charge in [0.25, 0.3) is 0 Å². The largest absolute Gasteiger partial charge is 1.00 e. The Balaban J connectivity index is -0.000000492. The van der Waals surface area contributed by atoms with Crippen molar-refractivity contribution in [2.45, 2.75) is 64.6 Å². The van der Waals surface area contributed by atoms with E-state index >= 15 is 0 Å². The second kappa shape index (κ2) is 85.7. The van der Waals surface area contributed by atoms with Crippen LogP contribution in [-0.4, -0.2) is 143 Å². The number of carboxylic acids is 1. The number of methoxy groups -OCH3 is 4. The summed E-state index contributed by atoms with van der Waals surface area (Å²) in [5, 5.41) is 55.3. The van der Waals surface area contributed by atoms with Gasteiger partial charge in [0, 0.05) is 59.1 Å². The van der Waals surface area contributed by atoms with E-state index in [1.807, 2.05) is 25.1 Å². The third-order valence-electron chi connectivity index (χ3n) is 16.1. The van der Waals surface area contributed by atoms with Gasteiger partial charge in [0.1, 0.15) is 80.6 Å². The van der Waals surface area contributed by atoms with Gasteiger partial charge in [-0.25, -0.2) is 26.7 Å². The molecule has 0 unspecified atom stereocenters. The molecule has 0 atom stereocenters. The zero-order valence-electron chi connectivity index (χ0n) is 77.0. The zero-order valence-corrected chi connectivity index (χ0v) is 100. The Morgan fingerprint density at radius 3 is 1.11 bits per heavy atom. The standard InChI is InChI=1S/C18H18ClFO4.C18H18ClFO3.C11H12BrClO2.C8H6BrClO2.C7H8BFO3.C7H3BrClFO.C7H4BrClO2.C7H7Br.C6H3BrClF.CH3F.CH4O.CH3O.BBr3.ClO2.2Na/c1-3-4-9-24-15-8-6-13(19)16(17(15)18(21)22)12-10-11(20)5-7-14(12)23-2;1-3-4-9-23-17-8-6-15(19)18(14(17)11-21)13-10-12(20)5-7-16(13)22-2;1-2-3-6-15-10-5-4-9(13)11(12)8(10)7-14;1-12-7-3-2-6(10)8(9)5(7)4-11;1-12-7-3-2-5(9)4-6(7)8(10)11;8-7-4(3-11)6(10)2-1-5(7)9;8-7-4(3-10)6(11)2-1-5(7)9;8-6-7-4-2-1-3-5-7;7-5-3-4(9)1-2-6(5)8;3*1-2;2-1(3)4;2-1-3;;/h5-8,10H,3-4,9H2,1-2H3,(H,21,22);5-8,10-11H,3-4,9H2,1-2H3;4-5,7H,2-3,6H2,1H3;2-4H,1H3;2-4,10-11H,1H3;1-3H;1-3,11H;1-5H,6H2;1-3H;1H3;2H,1H3;1H3;;;;/q;;;;;;;;;;;-1;;-1;2*+1/i;;;;;;;;;1D;;;;;;. The van der Waals surface area contributed by atoms with Gasteiger partial charge in [-0.3, -0.25) is 28.4 Å². The van der Waals surface area contributed by atoms with Crippen molar-refractivity contribution in [2.24, 2.45) is 0 Å². The average Bonchev–Trinajstić information content (AvgIpc) is 0.776. The van der Waals surface area contributed by atoms with Crippen LogP contribution >= 0.6 is 224 Å². The van der Waals surface area contributed by atoms with Gasteiger partial charge in [-0.1, -0.05) is 168 Å². The summed E-state index contributed by atoms with van der Waals surface area (Å²) in [6, 6.07) is 44.4. The number of hydrogen-bond donors (Lipinski definition) is 5. The first-order valence-electron chi connectivity index (χ1n) is 39.3. The molecule has 0 saturated carbocycles. The molecular weight excluding hydrogens is 2630 g/mol. The molecule has 48 heteroatoms. The van der Waals surface area contributed by atoms with Crippen LogP contribution in [0.25, 0.3) is 22.3 Å². The van der Waals surface area contributed by atoms with Gasteiger partial charge in [-0.15, -0.1) is 47.3 Å². The first kappa shape index (κ1) is 142. The number of alkyl halides is 2. The number of aromatic hydroxyl groups is 1. The molecule has 0 radical (unpaired) electrons. The van der Waals surface area contributed by atoms with Crippen molar-refractivity contribution >= 4 is 277 Å². The van der Waals surface area contributed by atoms with Gasteiger partial charge >= 0.3 is 75.4 Å². The second-order valence-corrected chi connectivity index (χ2v) is 38.9. The SMILES string of the molecule is BrB(Br)Br.BrCc1ccccc1.CCCCOc1ccc(Cl)c(-c2cc(F)ccc2OC)c1C(=O)O.CCCCOc1ccc(Cl)c(-c2cc(F)ccc2OC)c1C=O.CCCCOc1ccc(Cl)c(Br)c1C=O.CO.COc1ccc(Cl)c(Br)c1C=O.COc1ccc(F)cc1B(O)O.C[O-].Fc1ccc(Cl)c(Br)c1.O=Cc1c(F)ccc(Cl)c1Br.O=Cc1c(O)ccc(Cl)c1Br.[2H]CF.[Na+].[Na+].[O-][Cl+][O-]. The van der Waals surface area contributed by atoms with Crippen LogP contribution in [0.3, 0.4) is 0 Å². The number of benzene rings is 11. The summed E-state index contributed by atoms with van der Waals surface area (Å²) < 4.78 is 137. The molecule has 0 bridgehead atoms. The smallest absolute Gasteiger partial charge is 0.857 e. The molecule has 0 fully saturated rings. The summed E-state index contributed by atoms with van der Waals surface area (Å²) in [7, 11) is 4.82. The molecule has 0 spiro atoms. The molecule has 0 saturated heterocycles. The molecule has 0 amide bonds. The number of carbonyl (C=O) groups is 6. The first-order chi connectivity index (χ1) is 66.2. The topological polar surface area (TPSA) is 337 Å². The number of aldehydes is 5. The van der Waals surface area contributed by atoms with E-state index in [1.165, 1.54) is 131 Å². The van der Waals surface area contributed by atoms with Crippen LogP contribution in [-0.2, 0) is 5.33 Å². The molecule has 11 aromatic carbocycles. The van der Waals surface area contributed by atoms with Gasteiger partial charge in [0.05, 0.1) is 134 Å². The van der Waals surface area contributed by atoms with Crippen LogP contribution in [0.15, 0.2) is 198 Å². The van der Waals surface area contributed by atoms with E-state index < -0.39 is 54.8 Å². The maximum atomic E-state index is 13.7. The predicted molar refractivity (Wildman–Crippen MR) is 561 cm³/mol. The summed E-state index contributed by atoms with van der Waals surface area (Å²) in [5.74, 6) is -0.888. The third kappa shape index (κ3) is 54.1. The summed E-state index contributed by atoms with van der Waals surface area (Å²) in [4.78, 5) is 65.5. The number of ether oxygens (including phenoxy) is 7. The van der Waals surface area contributed by atoms with Crippen molar-refractivity contribution in [2.75, 3.05) is 69.6 Å². The normalized spacial score (nSPS) is 9.45. The van der Waals surface area contributed by atoms with E-state index in [9.17, 15) is 60.2 Å². The molecule has 0 aromatic heterocycles. The fraction of sp³-hybridized carbons (Fsp3) is 0.217. The number of rotatable bonds is 26. The Bertz CT molecular complexity index is 5470. The molecule has 0 aliphatic rings. The van der Waals surface area contributed by atoms with Crippen LogP contribution in [0, 0.1) is 40.4 Å². The van der Waals surface area contributed by atoms with Gasteiger partial charge in [-0.05, 0) is 250 Å². The summed E-state index contributed by atoms with van der Waals surface area (Å²) in [5.41, 5.74) is 3.84. The number of phenols is 1. The molecule has 0 heterocycles. The quantitative estimate of drug-likeness (QED) is 0.00839. The average molecular weight is 2720 g/mol. The van der Waals surface area contributed by atoms with Gasteiger partial charge in [-0.2, -0.15) is 7.11 Å². The van der Waals surface area contributed by atoms with E-state index in [4.69, 9.17) is 150 Å². The van der Waals surface area contributed by atoms with Crippen molar-refractivity contribution in [3.05, 3.63) is 301 Å². The van der Waals surface area contributed by atoms with Crippen LogP contribution in [0.5, 0.6) is 46.0 Å². The van der Waals surface area contributed by atoms with E-state index in [-0.39, 0.29) is 129 Å². The molecule has 752 valence electrons. The van der Waals surface area contributed by atoms with Gasteiger partial charge in [0.15, 0.2) is 31.4 Å². The first-order valence-corrected chi connectivity index (χ1v) is 49.7. The Morgan fingerprint density at radius 1 is 0.443 bits per heavy atom. The monoisotopic (exact) mass is 2700 g/mol. The number of aromatic carboxylic acids is 1. The number of carbonyl (C=O) groups excluding carboxylic acids is 5. The van der Waals surface area contributed by atoms with Crippen LogP contribution in [0.1, 0.15) is 128 Å². The maximum Gasteiger partial charge on any atom is 1.00 e. The van der Waals surface area contributed by atoms with Crippen molar-refractivity contribution < 1.29 is 200 Å². The van der Waals surface area contributed by atoms with E-state index in [0.29, 0.717) is 148 Å². The number of carboxylic acid groups (broad SMARTS) is 1. The fourth-order valence-corrected chi connectivity index (χ4v) is 13.6. The Morgan fingerprint density at radius 2 is 0.750 bits per heavy atom. The Hall–Kier alpha value is -4.25. The summed E-state index contributed by atoms with van der Waals surface area (Å²) >= 11 is 68.8. The van der Waals surface area contributed by atoms with Crippen LogP contribution in [0.4, 0.5) is 26.3 Å². The number of aliphatic hydroxyl groups excluding tert-OH is 1. The number of halogens is 23. The predicted octanol–water partition coefficient (Wildman–Crippen LogP) is 21.2. The molecule has 0 aliphatic carbocycles. The summed E-state index contributed by atoms with van der Waals surface area (Å²) in [6.07, 6.45) is 8.69. The van der Waals surface area contributed by atoms with Gasteiger partial charge in [0.2, 0.25) is 0 Å². The second-order valence-electron chi connectivity index (χ2n) is 24.9. The van der Waals surface area contributed by atoms with E-state index in [2.05, 4.69) is 169 Å². The molecule has 11 aromatic rings. The van der Waals surface area contributed by atoms with Gasteiger partial charge < -0.3 is 73.0 Å². The molecule has 0 aliphatic heterocycles. The number of aliphatic hydroxyl groups is 1. The zero-order chi connectivity index (χ0) is 107. The minimum Gasteiger partial charge on any atom is -0.857 e. The minimum atomic E-state index is -1.71. The van der Waals surface area contributed by atoms with Crippen molar-refractivity contribution in [3.8, 4) is 68.2 Å². The number of phenolic OH excluding ortho intramolecular Hbond substituents is 1. The third-order valence-corrected chi connectivity index (χ3v) is 24.2. The maximum absolute atomic E-state index is 13.7. The van der Waals surface area contributed by atoms with Crippen molar-refractivity contribution in [3.63, 3.8) is 0 Å². The molecule has 11 rings (SSSR count). The molecular formula is C92H89B2Br9Cl8F6Na2O21. The Labute approximate surface area is 969 Å². The summed E-state index contributed by atoms with van der Waals surface area (Å²) in [6.45, 7) is 7.64. The van der Waals surface area contributed by atoms with Crippen molar-refractivity contribution in [1.82, 2.24) is 0 Å².